The van der Waals surface area contributed by atoms with Crippen molar-refractivity contribution in [3.8, 4) is 11.5 Å². The van der Waals surface area contributed by atoms with Crippen molar-refractivity contribution >= 4 is 0 Å². The third-order valence-electron chi connectivity index (χ3n) is 2.01. The molecule has 4 heteroatoms. The van der Waals surface area contributed by atoms with Gasteiger partial charge in [0.05, 0.1) is 5.69 Å². The Kier molecular flexibility index (Phi) is 2.28. The molecule has 0 amide bonds. The fraction of sp³-hybridized carbons (Fsp3) is 0.200. The molecule has 4 nitrogen and oxygen atoms in total. The predicted octanol–water partition coefficient (Wildman–Crippen LogP) is 1.50. The zero-order valence-electron chi connectivity index (χ0n) is 7.90. The van der Waals surface area contributed by atoms with Crippen LogP contribution in [0.25, 0.3) is 11.5 Å². The first-order chi connectivity index (χ1) is 6.81. The summed E-state index contributed by atoms with van der Waals surface area (Å²) in [5.74, 6) is 1.38. The molecule has 0 atom stereocenters. The van der Waals surface area contributed by atoms with Crippen molar-refractivity contribution < 1.29 is 4.42 Å². The summed E-state index contributed by atoms with van der Waals surface area (Å²) in [6.07, 6.45) is 3.41. The molecule has 0 saturated heterocycles. The number of aromatic nitrogens is 2. The van der Waals surface area contributed by atoms with Crippen molar-refractivity contribution in [1.82, 2.24) is 9.97 Å². The number of pyridine rings is 1. The smallest absolute Gasteiger partial charge is 0.226 e. The Morgan fingerprint density at radius 3 is 2.64 bits per heavy atom. The normalized spacial score (nSPS) is 10.4. The van der Waals surface area contributed by atoms with Crippen LogP contribution in [0.5, 0.6) is 0 Å². The molecule has 14 heavy (non-hydrogen) atoms. The van der Waals surface area contributed by atoms with Gasteiger partial charge in [-0.05, 0) is 19.1 Å². The first-order valence-electron chi connectivity index (χ1n) is 4.38. The monoisotopic (exact) mass is 189 g/mol. The molecule has 0 aliphatic rings. The van der Waals surface area contributed by atoms with Gasteiger partial charge in [0.2, 0.25) is 5.89 Å². The third kappa shape index (κ3) is 1.52. The lowest BCUT2D eigenvalue weighted by Crippen LogP contribution is -1.97. The molecule has 0 aromatic carbocycles. The molecule has 2 N–H and O–H groups in total. The Morgan fingerprint density at radius 2 is 2.07 bits per heavy atom. The van der Waals surface area contributed by atoms with Crippen molar-refractivity contribution in [1.29, 1.82) is 0 Å². The van der Waals surface area contributed by atoms with Crippen LogP contribution in [-0.2, 0) is 6.54 Å². The zero-order chi connectivity index (χ0) is 9.97. The Bertz CT molecular complexity index is 422. The Hall–Kier alpha value is -1.68. The SMILES string of the molecule is Cc1oc(-c2ccncc2)nc1CN. The number of hydrogen-bond donors (Lipinski definition) is 1. The second-order valence-electron chi connectivity index (χ2n) is 2.96. The molecular weight excluding hydrogens is 178 g/mol. The zero-order valence-corrected chi connectivity index (χ0v) is 7.90. The van der Waals surface area contributed by atoms with E-state index in [0.29, 0.717) is 12.4 Å². The van der Waals surface area contributed by atoms with Crippen LogP contribution in [0.3, 0.4) is 0 Å². The van der Waals surface area contributed by atoms with Crippen molar-refractivity contribution in [3.05, 3.63) is 36.0 Å². The van der Waals surface area contributed by atoms with E-state index < -0.39 is 0 Å². The van der Waals surface area contributed by atoms with E-state index >= 15 is 0 Å². The van der Waals surface area contributed by atoms with Crippen LogP contribution in [-0.4, -0.2) is 9.97 Å². The maximum atomic E-state index is 5.51. The maximum Gasteiger partial charge on any atom is 0.226 e. The molecule has 2 aromatic rings. The molecule has 0 bridgehead atoms. The highest BCUT2D eigenvalue weighted by Crippen LogP contribution is 2.20. The average Bonchev–Trinajstić information content (AvgIpc) is 2.61. The van der Waals surface area contributed by atoms with Gasteiger partial charge in [-0.25, -0.2) is 4.98 Å². The fourth-order valence-electron chi connectivity index (χ4n) is 1.24. The van der Waals surface area contributed by atoms with Crippen LogP contribution in [0.4, 0.5) is 0 Å². The second-order valence-corrected chi connectivity index (χ2v) is 2.96. The van der Waals surface area contributed by atoms with E-state index in [4.69, 9.17) is 10.2 Å². The van der Waals surface area contributed by atoms with Gasteiger partial charge in [-0.15, -0.1) is 0 Å². The minimum atomic E-state index is 0.403. The standard InChI is InChI=1S/C10H11N3O/c1-7-9(6-11)13-10(14-7)8-2-4-12-5-3-8/h2-5H,6,11H2,1H3. The number of nitrogens with zero attached hydrogens (tertiary/aromatic N) is 2. The molecular formula is C10H11N3O. The highest BCUT2D eigenvalue weighted by molar-refractivity contribution is 5.52. The Labute approximate surface area is 81.8 Å². The van der Waals surface area contributed by atoms with E-state index in [-0.39, 0.29) is 0 Å². The second kappa shape index (κ2) is 3.59. The maximum absolute atomic E-state index is 5.51. The van der Waals surface area contributed by atoms with Crippen LogP contribution in [0.2, 0.25) is 0 Å². The lowest BCUT2D eigenvalue weighted by Gasteiger charge is -1.91. The molecule has 2 aromatic heterocycles. The number of rotatable bonds is 2. The van der Waals surface area contributed by atoms with Crippen molar-refractivity contribution in [2.24, 2.45) is 5.73 Å². The fourth-order valence-corrected chi connectivity index (χ4v) is 1.24. The molecule has 2 rings (SSSR count). The summed E-state index contributed by atoms with van der Waals surface area (Å²) in [4.78, 5) is 8.21. The van der Waals surface area contributed by atoms with Crippen molar-refractivity contribution in [3.63, 3.8) is 0 Å². The topological polar surface area (TPSA) is 64.9 Å². The van der Waals surface area contributed by atoms with Gasteiger partial charge in [0.25, 0.3) is 0 Å². The minimum absolute atomic E-state index is 0.403. The Balaban J connectivity index is 2.43. The van der Waals surface area contributed by atoms with E-state index in [1.807, 2.05) is 19.1 Å². The van der Waals surface area contributed by atoms with Gasteiger partial charge < -0.3 is 10.2 Å². The predicted molar refractivity (Wildman–Crippen MR) is 52.4 cm³/mol. The average molecular weight is 189 g/mol. The van der Waals surface area contributed by atoms with Gasteiger partial charge in [0, 0.05) is 24.5 Å². The highest BCUT2D eigenvalue weighted by Gasteiger charge is 2.08. The lowest BCUT2D eigenvalue weighted by atomic mass is 10.3. The van der Waals surface area contributed by atoms with Crippen LogP contribution in [0.15, 0.2) is 28.9 Å². The summed E-state index contributed by atoms with van der Waals surface area (Å²) in [6, 6.07) is 3.71. The van der Waals surface area contributed by atoms with Crippen LogP contribution in [0, 0.1) is 6.92 Å². The number of aryl methyl sites for hydroxylation is 1. The largest absolute Gasteiger partial charge is 0.441 e. The molecule has 0 radical (unpaired) electrons. The van der Waals surface area contributed by atoms with E-state index in [2.05, 4.69) is 9.97 Å². The summed E-state index contributed by atoms with van der Waals surface area (Å²) >= 11 is 0. The molecule has 72 valence electrons. The van der Waals surface area contributed by atoms with Crippen molar-refractivity contribution in [2.75, 3.05) is 0 Å². The van der Waals surface area contributed by atoms with Crippen LogP contribution < -0.4 is 5.73 Å². The van der Waals surface area contributed by atoms with Gasteiger partial charge in [0.15, 0.2) is 0 Å². The molecule has 2 heterocycles. The first-order valence-corrected chi connectivity index (χ1v) is 4.38. The summed E-state index contributed by atoms with van der Waals surface area (Å²) in [5.41, 5.74) is 7.23. The third-order valence-corrected chi connectivity index (χ3v) is 2.01. The van der Waals surface area contributed by atoms with Crippen LogP contribution in [0.1, 0.15) is 11.5 Å². The summed E-state index contributed by atoms with van der Waals surface area (Å²) in [6.45, 7) is 2.26. The van der Waals surface area contributed by atoms with E-state index in [0.717, 1.165) is 17.0 Å². The molecule has 0 fully saturated rings. The summed E-state index contributed by atoms with van der Waals surface area (Å²) in [5, 5.41) is 0. The van der Waals surface area contributed by atoms with Gasteiger partial charge >= 0.3 is 0 Å². The molecule has 0 spiro atoms. The lowest BCUT2D eigenvalue weighted by molar-refractivity contribution is 0.539. The van der Waals surface area contributed by atoms with E-state index in [9.17, 15) is 0 Å². The quantitative estimate of drug-likeness (QED) is 0.777. The van der Waals surface area contributed by atoms with Gasteiger partial charge in [-0.2, -0.15) is 0 Å². The molecule has 0 aliphatic heterocycles. The first kappa shape index (κ1) is 8.90. The number of oxazole rings is 1. The highest BCUT2D eigenvalue weighted by atomic mass is 16.4. The molecule has 0 saturated carbocycles. The molecule has 0 unspecified atom stereocenters. The van der Waals surface area contributed by atoms with E-state index in [1.165, 1.54) is 0 Å². The summed E-state index contributed by atoms with van der Waals surface area (Å²) in [7, 11) is 0. The summed E-state index contributed by atoms with van der Waals surface area (Å²) < 4.78 is 5.47. The number of nitrogens with two attached hydrogens (primary N) is 1. The van der Waals surface area contributed by atoms with Gasteiger partial charge in [0.1, 0.15) is 5.76 Å². The Morgan fingerprint density at radius 1 is 1.36 bits per heavy atom. The van der Waals surface area contributed by atoms with Gasteiger partial charge in [-0.3, -0.25) is 4.98 Å². The minimum Gasteiger partial charge on any atom is -0.441 e. The van der Waals surface area contributed by atoms with E-state index in [1.54, 1.807) is 12.4 Å². The van der Waals surface area contributed by atoms with Gasteiger partial charge in [-0.1, -0.05) is 0 Å². The molecule has 0 aliphatic carbocycles. The number of hydrogen-bond acceptors (Lipinski definition) is 4. The van der Waals surface area contributed by atoms with Crippen LogP contribution >= 0.6 is 0 Å². The van der Waals surface area contributed by atoms with Crippen molar-refractivity contribution in [2.45, 2.75) is 13.5 Å².